The van der Waals surface area contributed by atoms with E-state index in [-0.39, 0.29) is 0 Å². The summed E-state index contributed by atoms with van der Waals surface area (Å²) in [4.78, 5) is 6.26. The molecule has 15 heavy (non-hydrogen) atoms. The number of nitrogens with one attached hydrogen (secondary N) is 1. The molecule has 2 aromatic rings. The van der Waals surface area contributed by atoms with Crippen LogP contribution in [-0.2, 0) is 0 Å². The second-order valence-corrected chi connectivity index (χ2v) is 4.30. The summed E-state index contributed by atoms with van der Waals surface area (Å²) in [6.07, 6.45) is 1.79. The van der Waals surface area contributed by atoms with E-state index in [1.54, 1.807) is 17.5 Å². The lowest BCUT2D eigenvalue weighted by molar-refractivity contribution is 1.13. The molecule has 0 unspecified atom stereocenters. The van der Waals surface area contributed by atoms with Gasteiger partial charge in [0, 0.05) is 37.0 Å². The summed E-state index contributed by atoms with van der Waals surface area (Å²) < 4.78 is 0. The number of hydrogen-bond acceptors (Lipinski definition) is 4. The number of benzene rings is 1. The predicted molar refractivity (Wildman–Crippen MR) is 66.2 cm³/mol. The summed E-state index contributed by atoms with van der Waals surface area (Å²) in [7, 11) is 4.06. The lowest BCUT2D eigenvalue weighted by Crippen LogP contribution is -2.08. The van der Waals surface area contributed by atoms with E-state index in [1.807, 2.05) is 31.6 Å². The normalized spacial score (nSPS) is 10.0. The van der Waals surface area contributed by atoms with E-state index >= 15 is 0 Å². The van der Waals surface area contributed by atoms with Crippen LogP contribution in [0.15, 0.2) is 35.8 Å². The highest BCUT2D eigenvalue weighted by Gasteiger charge is 1.99. The van der Waals surface area contributed by atoms with Crippen molar-refractivity contribution >= 4 is 27.8 Å². The van der Waals surface area contributed by atoms with Gasteiger partial charge < -0.3 is 10.2 Å². The van der Waals surface area contributed by atoms with Crippen LogP contribution in [0.2, 0.25) is 0 Å². The lowest BCUT2D eigenvalue weighted by atomic mass is 10.2. The highest BCUT2D eigenvalue weighted by atomic mass is 32.1. The van der Waals surface area contributed by atoms with E-state index in [0.717, 1.165) is 10.8 Å². The fourth-order valence-electron chi connectivity index (χ4n) is 1.27. The standard InChI is InChI=1S/C11H13N3S/c1-14(2)10-5-3-4-9(8-10)13-11-12-6-7-15-11/h3-8H,1-2H3,(H,12,13). The van der Waals surface area contributed by atoms with Crippen LogP contribution in [0, 0.1) is 0 Å². The van der Waals surface area contributed by atoms with Crippen molar-refractivity contribution < 1.29 is 0 Å². The minimum absolute atomic E-state index is 0.922. The molecular formula is C11H13N3S. The van der Waals surface area contributed by atoms with Crippen molar-refractivity contribution in [1.29, 1.82) is 0 Å². The maximum absolute atomic E-state index is 4.18. The Morgan fingerprint density at radius 1 is 1.33 bits per heavy atom. The van der Waals surface area contributed by atoms with E-state index in [1.165, 1.54) is 5.69 Å². The van der Waals surface area contributed by atoms with Gasteiger partial charge in [-0.1, -0.05) is 6.07 Å². The van der Waals surface area contributed by atoms with Crippen molar-refractivity contribution in [3.8, 4) is 0 Å². The molecule has 0 radical (unpaired) electrons. The summed E-state index contributed by atoms with van der Waals surface area (Å²) in [5, 5.41) is 6.14. The zero-order chi connectivity index (χ0) is 10.7. The molecule has 2 rings (SSSR count). The minimum Gasteiger partial charge on any atom is -0.378 e. The lowest BCUT2D eigenvalue weighted by Gasteiger charge is -2.13. The van der Waals surface area contributed by atoms with Crippen LogP contribution in [0.25, 0.3) is 0 Å². The molecule has 0 fully saturated rings. The van der Waals surface area contributed by atoms with E-state index in [9.17, 15) is 0 Å². The number of thiazole rings is 1. The molecule has 78 valence electrons. The van der Waals surface area contributed by atoms with Crippen LogP contribution < -0.4 is 10.2 Å². The number of hydrogen-bond donors (Lipinski definition) is 1. The number of aromatic nitrogens is 1. The molecule has 0 spiro atoms. The highest BCUT2D eigenvalue weighted by molar-refractivity contribution is 7.13. The maximum Gasteiger partial charge on any atom is 0.187 e. The average Bonchev–Trinajstić information content (AvgIpc) is 2.71. The van der Waals surface area contributed by atoms with Crippen molar-refractivity contribution in [3.63, 3.8) is 0 Å². The molecule has 0 atom stereocenters. The zero-order valence-electron chi connectivity index (χ0n) is 8.77. The highest BCUT2D eigenvalue weighted by Crippen LogP contribution is 2.22. The predicted octanol–water partition coefficient (Wildman–Crippen LogP) is 2.95. The molecule has 4 heteroatoms. The third kappa shape index (κ3) is 2.47. The Morgan fingerprint density at radius 2 is 2.20 bits per heavy atom. The van der Waals surface area contributed by atoms with Gasteiger partial charge in [0.15, 0.2) is 5.13 Å². The third-order valence-electron chi connectivity index (χ3n) is 2.05. The third-order valence-corrected chi connectivity index (χ3v) is 2.73. The Kier molecular flexibility index (Phi) is 2.87. The van der Waals surface area contributed by atoms with Gasteiger partial charge >= 0.3 is 0 Å². The largest absolute Gasteiger partial charge is 0.378 e. The van der Waals surface area contributed by atoms with Gasteiger partial charge in [-0.25, -0.2) is 4.98 Å². The molecule has 1 aromatic carbocycles. The van der Waals surface area contributed by atoms with Gasteiger partial charge in [0.05, 0.1) is 0 Å². The SMILES string of the molecule is CN(C)c1cccc(Nc2nccs2)c1. The molecule has 1 N–H and O–H groups in total. The van der Waals surface area contributed by atoms with Gasteiger partial charge in [-0.3, -0.25) is 0 Å². The first-order chi connectivity index (χ1) is 7.25. The molecule has 1 heterocycles. The first-order valence-corrected chi connectivity index (χ1v) is 5.57. The van der Waals surface area contributed by atoms with Gasteiger partial charge in [-0.05, 0) is 18.2 Å². The molecule has 0 bridgehead atoms. The van der Waals surface area contributed by atoms with Gasteiger partial charge in [-0.15, -0.1) is 11.3 Å². The molecule has 0 amide bonds. The van der Waals surface area contributed by atoms with Crippen LogP contribution >= 0.6 is 11.3 Å². The van der Waals surface area contributed by atoms with E-state index in [4.69, 9.17) is 0 Å². The van der Waals surface area contributed by atoms with Crippen molar-refractivity contribution in [2.45, 2.75) is 0 Å². The van der Waals surface area contributed by atoms with Crippen molar-refractivity contribution in [2.24, 2.45) is 0 Å². The smallest absolute Gasteiger partial charge is 0.187 e. The molecule has 3 nitrogen and oxygen atoms in total. The summed E-state index contributed by atoms with van der Waals surface area (Å²) in [5.74, 6) is 0. The van der Waals surface area contributed by atoms with Crippen LogP contribution in [0.5, 0.6) is 0 Å². The van der Waals surface area contributed by atoms with Crippen molar-refractivity contribution in [2.75, 3.05) is 24.3 Å². The first-order valence-electron chi connectivity index (χ1n) is 4.69. The van der Waals surface area contributed by atoms with E-state index in [2.05, 4.69) is 27.3 Å². The fourth-order valence-corrected chi connectivity index (χ4v) is 1.82. The maximum atomic E-state index is 4.18. The Balaban J connectivity index is 2.18. The van der Waals surface area contributed by atoms with Crippen LogP contribution in [0.4, 0.5) is 16.5 Å². The van der Waals surface area contributed by atoms with Crippen LogP contribution in [-0.4, -0.2) is 19.1 Å². The first kappa shape index (κ1) is 9.98. The molecule has 0 aliphatic heterocycles. The van der Waals surface area contributed by atoms with Gasteiger partial charge in [0.2, 0.25) is 0 Å². The zero-order valence-corrected chi connectivity index (χ0v) is 9.58. The Morgan fingerprint density at radius 3 is 2.87 bits per heavy atom. The monoisotopic (exact) mass is 219 g/mol. The summed E-state index contributed by atoms with van der Waals surface area (Å²) in [6, 6.07) is 8.24. The van der Waals surface area contributed by atoms with Gasteiger partial charge in [0.25, 0.3) is 0 Å². The van der Waals surface area contributed by atoms with E-state index < -0.39 is 0 Å². The molecule has 1 aromatic heterocycles. The number of nitrogens with zero attached hydrogens (tertiary/aromatic N) is 2. The molecule has 0 aliphatic carbocycles. The van der Waals surface area contributed by atoms with Gasteiger partial charge in [-0.2, -0.15) is 0 Å². The summed E-state index contributed by atoms with van der Waals surface area (Å²) >= 11 is 1.60. The second kappa shape index (κ2) is 4.31. The van der Waals surface area contributed by atoms with Crippen LogP contribution in [0.1, 0.15) is 0 Å². The van der Waals surface area contributed by atoms with Crippen LogP contribution in [0.3, 0.4) is 0 Å². The van der Waals surface area contributed by atoms with Crippen molar-refractivity contribution in [3.05, 3.63) is 35.8 Å². The summed E-state index contributed by atoms with van der Waals surface area (Å²) in [5.41, 5.74) is 2.24. The Labute approximate surface area is 93.4 Å². The quantitative estimate of drug-likeness (QED) is 0.860. The van der Waals surface area contributed by atoms with Crippen molar-refractivity contribution in [1.82, 2.24) is 4.98 Å². The molecule has 0 aliphatic rings. The number of anilines is 3. The summed E-state index contributed by atoms with van der Waals surface area (Å²) in [6.45, 7) is 0. The number of rotatable bonds is 3. The Hall–Kier alpha value is -1.55. The molecule has 0 saturated carbocycles. The second-order valence-electron chi connectivity index (χ2n) is 3.41. The van der Waals surface area contributed by atoms with E-state index in [0.29, 0.717) is 0 Å². The average molecular weight is 219 g/mol. The molecular weight excluding hydrogens is 206 g/mol. The topological polar surface area (TPSA) is 28.2 Å². The van der Waals surface area contributed by atoms with Gasteiger partial charge in [0.1, 0.15) is 0 Å². The minimum atomic E-state index is 0.922. The molecule has 0 saturated heterocycles. The Bertz CT molecular complexity index is 423. The fraction of sp³-hybridized carbons (Fsp3) is 0.182.